The Balaban J connectivity index is 0.00000225. The Bertz CT molecular complexity index is 471. The van der Waals surface area contributed by atoms with Crippen molar-refractivity contribution in [3.05, 3.63) is 0 Å². The molecule has 0 radical (unpaired) electrons. The number of rotatable bonds is 3. The van der Waals surface area contributed by atoms with Crippen molar-refractivity contribution in [2.45, 2.75) is 70.9 Å². The van der Waals surface area contributed by atoms with Gasteiger partial charge in [-0.05, 0) is 50.4 Å². The summed E-state index contributed by atoms with van der Waals surface area (Å²) in [4.78, 5) is 27.0. The second-order valence-corrected chi connectivity index (χ2v) is 8.48. The molecule has 25 heavy (non-hydrogen) atoms. The van der Waals surface area contributed by atoms with Crippen LogP contribution in [0.5, 0.6) is 0 Å². The Hall–Kier alpha value is -0.810. The van der Waals surface area contributed by atoms with E-state index in [1.165, 1.54) is 19.3 Å². The highest BCUT2D eigenvalue weighted by Gasteiger charge is 2.42. The van der Waals surface area contributed by atoms with Gasteiger partial charge in [0.15, 0.2) is 0 Å². The van der Waals surface area contributed by atoms with Crippen molar-refractivity contribution in [1.29, 1.82) is 0 Å². The molecular weight excluding hydrogens is 338 g/mol. The number of carbonyl (C=O) groups is 2. The number of likely N-dealkylation sites (tertiary alicyclic amines) is 1. The maximum Gasteiger partial charge on any atom is 0.225 e. The monoisotopic (exact) mass is 371 g/mol. The Morgan fingerprint density at radius 2 is 1.72 bits per heavy atom. The maximum absolute atomic E-state index is 13.0. The lowest BCUT2D eigenvalue weighted by Crippen LogP contribution is -2.54. The van der Waals surface area contributed by atoms with Gasteiger partial charge in [0.1, 0.15) is 0 Å². The fourth-order valence-electron chi connectivity index (χ4n) is 4.91. The smallest absolute Gasteiger partial charge is 0.225 e. The lowest BCUT2D eigenvalue weighted by Gasteiger charge is -2.45. The molecule has 3 fully saturated rings. The van der Waals surface area contributed by atoms with E-state index in [1.807, 2.05) is 18.7 Å². The van der Waals surface area contributed by atoms with Gasteiger partial charge in [0, 0.05) is 37.0 Å². The third kappa shape index (κ3) is 4.68. The summed E-state index contributed by atoms with van der Waals surface area (Å²) in [7, 11) is 0. The number of nitrogens with one attached hydrogen (secondary N) is 1. The van der Waals surface area contributed by atoms with Crippen molar-refractivity contribution in [2.24, 2.45) is 29.4 Å². The van der Waals surface area contributed by atoms with Gasteiger partial charge in [0.25, 0.3) is 0 Å². The van der Waals surface area contributed by atoms with Crippen LogP contribution in [0.1, 0.15) is 58.8 Å². The molecule has 144 valence electrons. The van der Waals surface area contributed by atoms with Gasteiger partial charge >= 0.3 is 0 Å². The minimum atomic E-state index is -0.00437. The molecule has 5 nitrogen and oxygen atoms in total. The van der Waals surface area contributed by atoms with Gasteiger partial charge in [-0.15, -0.1) is 12.4 Å². The van der Waals surface area contributed by atoms with Crippen LogP contribution in [0.4, 0.5) is 0 Å². The number of nitrogens with two attached hydrogens (primary N) is 1. The van der Waals surface area contributed by atoms with Crippen LogP contribution in [0.2, 0.25) is 0 Å². The van der Waals surface area contributed by atoms with E-state index in [0.29, 0.717) is 30.3 Å². The molecule has 2 aliphatic carbocycles. The van der Waals surface area contributed by atoms with Crippen molar-refractivity contribution in [2.75, 3.05) is 13.1 Å². The minimum Gasteiger partial charge on any atom is -0.351 e. The lowest BCUT2D eigenvalue weighted by atomic mass is 9.65. The van der Waals surface area contributed by atoms with E-state index in [4.69, 9.17) is 5.73 Å². The van der Waals surface area contributed by atoms with Crippen LogP contribution in [0.3, 0.4) is 0 Å². The van der Waals surface area contributed by atoms with Crippen LogP contribution in [0.15, 0.2) is 0 Å². The lowest BCUT2D eigenvalue weighted by molar-refractivity contribution is -0.140. The van der Waals surface area contributed by atoms with Crippen LogP contribution in [0, 0.1) is 23.7 Å². The topological polar surface area (TPSA) is 75.4 Å². The van der Waals surface area contributed by atoms with E-state index in [0.717, 1.165) is 32.2 Å². The molecule has 3 atom stereocenters. The molecular formula is C19H34ClN3O2. The number of hydrogen-bond acceptors (Lipinski definition) is 3. The fraction of sp³-hybridized carbons (Fsp3) is 0.895. The molecule has 0 aromatic rings. The molecule has 0 aromatic carbocycles. The van der Waals surface area contributed by atoms with Gasteiger partial charge in [-0.25, -0.2) is 0 Å². The summed E-state index contributed by atoms with van der Waals surface area (Å²) in [5.41, 5.74) is 6.36. The standard InChI is InChI=1S/C19H33N3O2.ClH/c1-12(2)18(23)21-16-7-4-8-22(11-16)19(24)15-9-13-5-3-6-14(10-15)17(13)20;/h12-17H,3-11,20H2,1-2H3,(H,21,23);1H. The Morgan fingerprint density at radius 1 is 1.08 bits per heavy atom. The van der Waals surface area contributed by atoms with E-state index >= 15 is 0 Å². The third-order valence-corrected chi connectivity index (χ3v) is 6.37. The third-order valence-electron chi connectivity index (χ3n) is 6.37. The molecule has 1 saturated heterocycles. The first kappa shape index (κ1) is 20.5. The zero-order valence-corrected chi connectivity index (χ0v) is 16.4. The van der Waals surface area contributed by atoms with Crippen LogP contribution >= 0.6 is 12.4 Å². The minimum absolute atomic E-state index is 0. The molecule has 3 rings (SSSR count). The molecule has 0 spiro atoms. The molecule has 0 aromatic heterocycles. The highest BCUT2D eigenvalue weighted by Crippen LogP contribution is 2.42. The van der Waals surface area contributed by atoms with Crippen molar-refractivity contribution < 1.29 is 9.59 Å². The van der Waals surface area contributed by atoms with Crippen molar-refractivity contribution >= 4 is 24.2 Å². The summed E-state index contributed by atoms with van der Waals surface area (Å²) < 4.78 is 0. The predicted octanol–water partition coefficient (Wildman–Crippen LogP) is 2.32. The zero-order valence-electron chi connectivity index (χ0n) is 15.6. The molecule has 3 unspecified atom stereocenters. The average Bonchev–Trinajstić information content (AvgIpc) is 2.54. The van der Waals surface area contributed by atoms with Crippen LogP contribution < -0.4 is 11.1 Å². The molecule has 2 saturated carbocycles. The number of amides is 2. The zero-order chi connectivity index (χ0) is 17.3. The largest absolute Gasteiger partial charge is 0.351 e. The summed E-state index contributed by atoms with van der Waals surface area (Å²) >= 11 is 0. The summed E-state index contributed by atoms with van der Waals surface area (Å²) in [5.74, 6) is 1.62. The van der Waals surface area contributed by atoms with E-state index in [1.54, 1.807) is 0 Å². The van der Waals surface area contributed by atoms with E-state index in [-0.39, 0.29) is 36.2 Å². The van der Waals surface area contributed by atoms with Crippen LogP contribution in [-0.4, -0.2) is 41.9 Å². The summed E-state index contributed by atoms with van der Waals surface area (Å²) in [5, 5.41) is 3.10. The van der Waals surface area contributed by atoms with Crippen LogP contribution in [0.25, 0.3) is 0 Å². The van der Waals surface area contributed by atoms with Gasteiger partial charge in [-0.2, -0.15) is 0 Å². The Labute approximate surface area is 157 Å². The number of carbonyl (C=O) groups excluding carboxylic acids is 2. The summed E-state index contributed by atoms with van der Waals surface area (Å²) in [6, 6.07) is 0.421. The van der Waals surface area contributed by atoms with Crippen molar-refractivity contribution in [3.8, 4) is 0 Å². The molecule has 2 bridgehead atoms. The number of nitrogens with zero attached hydrogens (tertiary/aromatic N) is 1. The fourth-order valence-corrected chi connectivity index (χ4v) is 4.91. The molecule has 1 aliphatic heterocycles. The number of fused-ring (bicyclic) bond motifs is 2. The number of hydrogen-bond donors (Lipinski definition) is 2. The first-order valence-electron chi connectivity index (χ1n) is 9.80. The van der Waals surface area contributed by atoms with Gasteiger partial charge in [-0.1, -0.05) is 20.3 Å². The van der Waals surface area contributed by atoms with Crippen molar-refractivity contribution in [3.63, 3.8) is 0 Å². The maximum atomic E-state index is 13.0. The summed E-state index contributed by atoms with van der Waals surface area (Å²) in [6.07, 6.45) is 7.54. The average molecular weight is 372 g/mol. The van der Waals surface area contributed by atoms with Gasteiger partial charge in [-0.3, -0.25) is 9.59 Å². The first-order valence-corrected chi connectivity index (χ1v) is 9.80. The molecule has 2 amide bonds. The van der Waals surface area contributed by atoms with E-state index < -0.39 is 0 Å². The Kier molecular flexibility index (Phi) is 7.15. The van der Waals surface area contributed by atoms with Crippen LogP contribution in [-0.2, 0) is 9.59 Å². The van der Waals surface area contributed by atoms with Gasteiger partial charge in [0.05, 0.1) is 0 Å². The highest BCUT2D eigenvalue weighted by molar-refractivity contribution is 5.85. The van der Waals surface area contributed by atoms with Gasteiger partial charge < -0.3 is 16.0 Å². The normalized spacial score (nSPS) is 35.0. The predicted molar refractivity (Wildman–Crippen MR) is 101 cm³/mol. The molecule has 3 aliphatic rings. The Morgan fingerprint density at radius 3 is 2.32 bits per heavy atom. The van der Waals surface area contributed by atoms with E-state index in [9.17, 15) is 9.59 Å². The van der Waals surface area contributed by atoms with Gasteiger partial charge in [0.2, 0.25) is 11.8 Å². The van der Waals surface area contributed by atoms with E-state index in [2.05, 4.69) is 5.32 Å². The first-order chi connectivity index (χ1) is 11.5. The second-order valence-electron chi connectivity index (χ2n) is 8.48. The molecule has 3 N–H and O–H groups in total. The number of halogens is 1. The summed E-state index contributed by atoms with van der Waals surface area (Å²) in [6.45, 7) is 5.33. The quantitative estimate of drug-likeness (QED) is 0.799. The highest BCUT2D eigenvalue weighted by atomic mass is 35.5. The SMILES string of the molecule is CC(C)C(=O)NC1CCCN(C(=O)C2CC3CCCC(C2)C3N)C1.Cl. The molecule has 1 heterocycles. The van der Waals surface area contributed by atoms with Crippen molar-refractivity contribution in [1.82, 2.24) is 10.2 Å². The second kappa shape index (κ2) is 8.72. The molecule has 6 heteroatoms. The number of piperidine rings is 1.